The molecule has 4 aliphatic rings. The number of anilines is 1. The van der Waals surface area contributed by atoms with E-state index in [0.29, 0.717) is 11.8 Å². The number of nitrogens with zero attached hydrogens (tertiary/aromatic N) is 2. The van der Waals surface area contributed by atoms with Gasteiger partial charge in [0.25, 0.3) is 0 Å². The van der Waals surface area contributed by atoms with Gasteiger partial charge in [-0.3, -0.25) is 0 Å². The van der Waals surface area contributed by atoms with E-state index in [4.69, 9.17) is 0 Å². The van der Waals surface area contributed by atoms with E-state index in [1.165, 1.54) is 55.6 Å². The lowest BCUT2D eigenvalue weighted by molar-refractivity contribution is 0.524. The van der Waals surface area contributed by atoms with Crippen LogP contribution in [0.1, 0.15) is 55.7 Å². The zero-order valence-electron chi connectivity index (χ0n) is 27.3. The smallest absolute Gasteiger partial charge is 0.0712 e. The van der Waals surface area contributed by atoms with Gasteiger partial charge in [-0.2, -0.15) is 0 Å². The average molecular weight is 609 g/mol. The van der Waals surface area contributed by atoms with Gasteiger partial charge in [0.2, 0.25) is 0 Å². The molecule has 2 heterocycles. The van der Waals surface area contributed by atoms with Crippen LogP contribution in [-0.4, -0.2) is 10.1 Å². The molecule has 2 heteroatoms. The molecule has 0 bridgehead atoms. The van der Waals surface area contributed by atoms with Crippen molar-refractivity contribution in [3.8, 4) is 5.69 Å². The molecular weight excluding hydrogens is 569 g/mol. The first-order chi connectivity index (χ1) is 22.9. The van der Waals surface area contributed by atoms with Gasteiger partial charge in [-0.05, 0) is 72.4 Å². The number of hydrogen-bond acceptors (Lipinski definition) is 1. The summed E-state index contributed by atoms with van der Waals surface area (Å²) in [4.78, 5) is 2.62. The highest BCUT2D eigenvalue weighted by Crippen LogP contribution is 2.55. The van der Waals surface area contributed by atoms with E-state index in [9.17, 15) is 0 Å². The van der Waals surface area contributed by atoms with Crippen LogP contribution in [0.15, 0.2) is 164 Å². The number of para-hydroxylation sites is 1. The van der Waals surface area contributed by atoms with Crippen molar-refractivity contribution in [2.24, 2.45) is 5.92 Å². The average Bonchev–Trinajstić information content (AvgIpc) is 3.56. The number of allylic oxidation sites excluding steroid dienone is 9. The molecule has 3 aliphatic carbocycles. The van der Waals surface area contributed by atoms with E-state index in [0.717, 1.165) is 6.42 Å². The molecule has 0 amide bonds. The van der Waals surface area contributed by atoms with Crippen molar-refractivity contribution < 1.29 is 0 Å². The molecule has 0 saturated heterocycles. The van der Waals surface area contributed by atoms with Crippen molar-refractivity contribution in [1.29, 1.82) is 0 Å². The van der Waals surface area contributed by atoms with E-state index >= 15 is 0 Å². The SMILES string of the molecule is CC1C=C(N2c3cc4c(cc3C3C=CC=CC32C)c2ccccc2n4-c2ccc(C3(C)C=CC=CC3)cc2)C=CC1c1ccccc1. The van der Waals surface area contributed by atoms with Gasteiger partial charge in [-0.25, -0.2) is 0 Å². The van der Waals surface area contributed by atoms with E-state index < -0.39 is 0 Å². The third-order valence-electron chi connectivity index (χ3n) is 11.3. The van der Waals surface area contributed by atoms with Gasteiger partial charge >= 0.3 is 0 Å². The summed E-state index contributed by atoms with van der Waals surface area (Å²) in [5, 5.41) is 2.61. The fraction of sp³-hybridized carbons (Fsp3) is 0.200. The molecule has 1 aliphatic heterocycles. The van der Waals surface area contributed by atoms with Crippen LogP contribution in [0.25, 0.3) is 27.5 Å². The molecule has 5 unspecified atom stereocenters. The molecule has 5 atom stereocenters. The van der Waals surface area contributed by atoms with Gasteiger partial charge in [0.1, 0.15) is 0 Å². The van der Waals surface area contributed by atoms with Crippen LogP contribution in [0.2, 0.25) is 0 Å². The Morgan fingerprint density at radius 2 is 1.51 bits per heavy atom. The van der Waals surface area contributed by atoms with Crippen LogP contribution in [0.5, 0.6) is 0 Å². The quantitative estimate of drug-likeness (QED) is 0.197. The minimum atomic E-state index is -0.189. The molecule has 4 aromatic carbocycles. The van der Waals surface area contributed by atoms with Crippen molar-refractivity contribution in [1.82, 2.24) is 4.57 Å². The molecule has 9 rings (SSSR count). The molecule has 0 N–H and O–H groups in total. The number of rotatable bonds is 4. The first-order valence-corrected chi connectivity index (χ1v) is 17.1. The molecule has 0 fully saturated rings. The third-order valence-corrected chi connectivity index (χ3v) is 11.3. The second-order valence-electron chi connectivity index (χ2n) is 14.3. The fourth-order valence-corrected chi connectivity index (χ4v) is 8.75. The molecule has 5 aromatic rings. The van der Waals surface area contributed by atoms with E-state index in [1.807, 2.05) is 0 Å². The predicted octanol–water partition coefficient (Wildman–Crippen LogP) is 11.2. The number of benzene rings is 4. The Bertz CT molecular complexity index is 2220. The summed E-state index contributed by atoms with van der Waals surface area (Å²) in [5.74, 6) is 1.03. The van der Waals surface area contributed by atoms with Crippen LogP contribution in [0.3, 0.4) is 0 Å². The van der Waals surface area contributed by atoms with Gasteiger partial charge in [-0.1, -0.05) is 135 Å². The Balaban J connectivity index is 1.21. The molecule has 1 aromatic heterocycles. The van der Waals surface area contributed by atoms with Gasteiger partial charge in [0, 0.05) is 45.1 Å². The van der Waals surface area contributed by atoms with E-state index in [-0.39, 0.29) is 16.9 Å². The lowest BCUT2D eigenvalue weighted by atomic mass is 9.77. The minimum Gasteiger partial charge on any atom is -0.331 e. The maximum absolute atomic E-state index is 2.62. The van der Waals surface area contributed by atoms with E-state index in [1.54, 1.807) is 0 Å². The van der Waals surface area contributed by atoms with Crippen molar-refractivity contribution in [2.75, 3.05) is 4.90 Å². The highest BCUT2D eigenvalue weighted by atomic mass is 15.2. The summed E-state index contributed by atoms with van der Waals surface area (Å²) in [7, 11) is 0. The minimum absolute atomic E-state index is 0.0279. The molecule has 0 saturated carbocycles. The summed E-state index contributed by atoms with van der Waals surface area (Å²) >= 11 is 0. The summed E-state index contributed by atoms with van der Waals surface area (Å²) in [6.07, 6.45) is 26.5. The van der Waals surface area contributed by atoms with Crippen LogP contribution in [-0.2, 0) is 5.41 Å². The summed E-state index contributed by atoms with van der Waals surface area (Å²) in [6, 6.07) is 34.1. The molecule has 230 valence electrons. The molecule has 47 heavy (non-hydrogen) atoms. The van der Waals surface area contributed by atoms with Crippen molar-refractivity contribution >= 4 is 27.5 Å². The lowest BCUT2D eigenvalue weighted by Gasteiger charge is -2.41. The van der Waals surface area contributed by atoms with Gasteiger partial charge in [0.15, 0.2) is 0 Å². The highest BCUT2D eigenvalue weighted by molar-refractivity contribution is 6.11. The second kappa shape index (κ2) is 10.5. The van der Waals surface area contributed by atoms with Gasteiger partial charge in [-0.15, -0.1) is 0 Å². The second-order valence-corrected chi connectivity index (χ2v) is 14.3. The molecule has 0 spiro atoms. The topological polar surface area (TPSA) is 8.17 Å². The Morgan fingerprint density at radius 3 is 2.30 bits per heavy atom. The van der Waals surface area contributed by atoms with Crippen molar-refractivity contribution in [2.45, 2.75) is 50.0 Å². The first-order valence-electron chi connectivity index (χ1n) is 17.1. The molecular formula is C45H40N2. The maximum Gasteiger partial charge on any atom is 0.0712 e. The monoisotopic (exact) mass is 608 g/mol. The zero-order chi connectivity index (χ0) is 31.8. The Hall–Kier alpha value is -5.08. The van der Waals surface area contributed by atoms with Crippen molar-refractivity contribution in [3.63, 3.8) is 0 Å². The lowest BCUT2D eigenvalue weighted by Crippen LogP contribution is -2.44. The van der Waals surface area contributed by atoms with Crippen LogP contribution >= 0.6 is 0 Å². The third kappa shape index (κ3) is 4.24. The Morgan fingerprint density at radius 1 is 0.723 bits per heavy atom. The number of hydrogen-bond donors (Lipinski definition) is 0. The Kier molecular flexibility index (Phi) is 6.27. The van der Waals surface area contributed by atoms with Crippen LogP contribution in [0, 0.1) is 5.92 Å². The largest absolute Gasteiger partial charge is 0.331 e. The molecule has 0 radical (unpaired) electrons. The fourth-order valence-electron chi connectivity index (χ4n) is 8.75. The standard InChI is InChI=1S/C45H40N2/c1-31-28-35(23-24-36(31)32-14-6-4-7-15-32)47-43-30-42-38(29-39(43)40-17-10-13-27-45(40,47)3)37-16-8-9-18-41(37)46(42)34-21-19-33(20-22-34)44(2)25-11-5-12-26-44/h4-25,27-31,36,40H,26H2,1-3H3. The normalized spacial score (nSPS) is 27.4. The van der Waals surface area contributed by atoms with Crippen LogP contribution < -0.4 is 4.90 Å². The van der Waals surface area contributed by atoms with E-state index in [2.05, 4.69) is 188 Å². The number of fused-ring (bicyclic) bond motifs is 6. The van der Waals surface area contributed by atoms with Crippen molar-refractivity contribution in [3.05, 3.63) is 180 Å². The Labute approximate surface area is 278 Å². The van der Waals surface area contributed by atoms with Gasteiger partial charge < -0.3 is 9.47 Å². The maximum atomic E-state index is 2.62. The highest BCUT2D eigenvalue weighted by Gasteiger charge is 2.48. The molecule has 2 nitrogen and oxygen atoms in total. The first kappa shape index (κ1) is 28.2. The van der Waals surface area contributed by atoms with Gasteiger partial charge in [0.05, 0.1) is 16.6 Å². The predicted molar refractivity (Wildman–Crippen MR) is 199 cm³/mol. The summed E-state index contributed by atoms with van der Waals surface area (Å²) < 4.78 is 2.47. The zero-order valence-corrected chi connectivity index (χ0v) is 27.3. The summed E-state index contributed by atoms with van der Waals surface area (Å²) in [6.45, 7) is 7.10. The summed E-state index contributed by atoms with van der Waals surface area (Å²) in [5.41, 5.74) is 10.2. The number of aromatic nitrogens is 1. The van der Waals surface area contributed by atoms with Crippen LogP contribution in [0.4, 0.5) is 5.69 Å².